The standard InChI is InChI=1S/C13H20ClN3O/c1-8(13(2,3)4)17(5)12(18)9-6-11(14)16-7-10(9)15/h6-8H,15H2,1-5H3. The van der Waals surface area contributed by atoms with Gasteiger partial charge in [-0.05, 0) is 18.4 Å². The molecular weight excluding hydrogens is 250 g/mol. The topological polar surface area (TPSA) is 59.2 Å². The van der Waals surface area contributed by atoms with Crippen LogP contribution in [0.15, 0.2) is 12.3 Å². The van der Waals surface area contributed by atoms with Gasteiger partial charge in [0.05, 0.1) is 17.4 Å². The molecule has 0 radical (unpaired) electrons. The summed E-state index contributed by atoms with van der Waals surface area (Å²) in [5.74, 6) is -0.140. The molecule has 18 heavy (non-hydrogen) atoms. The highest BCUT2D eigenvalue weighted by Crippen LogP contribution is 2.25. The molecule has 1 heterocycles. The van der Waals surface area contributed by atoms with Crippen molar-refractivity contribution in [3.63, 3.8) is 0 Å². The van der Waals surface area contributed by atoms with Crippen LogP contribution in [-0.2, 0) is 0 Å². The largest absolute Gasteiger partial charge is 0.397 e. The van der Waals surface area contributed by atoms with E-state index in [2.05, 4.69) is 25.8 Å². The van der Waals surface area contributed by atoms with Crippen LogP contribution >= 0.6 is 11.6 Å². The average Bonchev–Trinajstić information content (AvgIpc) is 2.28. The van der Waals surface area contributed by atoms with Gasteiger partial charge in [0, 0.05) is 13.1 Å². The van der Waals surface area contributed by atoms with Crippen molar-refractivity contribution < 1.29 is 4.79 Å². The highest BCUT2D eigenvalue weighted by Gasteiger charge is 2.28. The predicted molar refractivity (Wildman–Crippen MR) is 74.7 cm³/mol. The molecule has 1 aromatic rings. The number of rotatable bonds is 2. The number of halogens is 1. The number of pyridine rings is 1. The van der Waals surface area contributed by atoms with E-state index in [1.165, 1.54) is 12.3 Å². The lowest BCUT2D eigenvalue weighted by atomic mass is 9.87. The number of hydrogen-bond acceptors (Lipinski definition) is 3. The predicted octanol–water partition coefficient (Wildman–Crippen LogP) is 2.82. The van der Waals surface area contributed by atoms with Crippen LogP contribution in [-0.4, -0.2) is 28.9 Å². The Morgan fingerprint density at radius 1 is 1.50 bits per heavy atom. The molecule has 0 saturated carbocycles. The minimum atomic E-state index is -0.140. The van der Waals surface area contributed by atoms with Crippen LogP contribution in [0.5, 0.6) is 0 Å². The summed E-state index contributed by atoms with van der Waals surface area (Å²) in [4.78, 5) is 17.9. The maximum absolute atomic E-state index is 12.4. The summed E-state index contributed by atoms with van der Waals surface area (Å²) in [6.07, 6.45) is 1.41. The third-order valence-electron chi connectivity index (χ3n) is 3.29. The lowest BCUT2D eigenvalue weighted by Crippen LogP contribution is -2.43. The Morgan fingerprint density at radius 3 is 2.56 bits per heavy atom. The van der Waals surface area contributed by atoms with E-state index in [0.717, 1.165) is 0 Å². The Morgan fingerprint density at radius 2 is 2.06 bits per heavy atom. The molecule has 2 N–H and O–H groups in total. The molecule has 1 atom stereocenters. The fraction of sp³-hybridized carbons (Fsp3) is 0.538. The quantitative estimate of drug-likeness (QED) is 0.840. The Balaban J connectivity index is 3.04. The normalized spacial score (nSPS) is 13.2. The second kappa shape index (κ2) is 5.14. The average molecular weight is 270 g/mol. The van der Waals surface area contributed by atoms with Crippen molar-refractivity contribution in [1.82, 2.24) is 9.88 Å². The highest BCUT2D eigenvalue weighted by molar-refractivity contribution is 6.29. The Labute approximate surface area is 113 Å². The number of nitrogens with zero attached hydrogens (tertiary/aromatic N) is 2. The summed E-state index contributed by atoms with van der Waals surface area (Å²) >= 11 is 5.80. The van der Waals surface area contributed by atoms with Crippen molar-refractivity contribution in [3.8, 4) is 0 Å². The number of carbonyl (C=O) groups excluding carboxylic acids is 1. The zero-order valence-electron chi connectivity index (χ0n) is 11.5. The SMILES string of the molecule is CC(N(C)C(=O)c1cc(Cl)ncc1N)C(C)(C)C. The van der Waals surface area contributed by atoms with Gasteiger partial charge < -0.3 is 10.6 Å². The summed E-state index contributed by atoms with van der Waals surface area (Å²) in [7, 11) is 1.77. The monoisotopic (exact) mass is 269 g/mol. The number of amides is 1. The minimum Gasteiger partial charge on any atom is -0.397 e. The van der Waals surface area contributed by atoms with Crippen molar-refractivity contribution in [2.75, 3.05) is 12.8 Å². The summed E-state index contributed by atoms with van der Waals surface area (Å²) in [5, 5.41) is 0.268. The molecule has 1 aromatic heterocycles. The van der Waals surface area contributed by atoms with Gasteiger partial charge in [0.15, 0.2) is 0 Å². The molecule has 0 spiro atoms. The van der Waals surface area contributed by atoms with Crippen LogP contribution < -0.4 is 5.73 Å². The lowest BCUT2D eigenvalue weighted by molar-refractivity contribution is 0.0630. The summed E-state index contributed by atoms with van der Waals surface area (Å²) in [6, 6.07) is 1.59. The Hall–Kier alpha value is -1.29. The molecule has 0 saturated heterocycles. The van der Waals surface area contributed by atoms with E-state index in [1.54, 1.807) is 11.9 Å². The number of carbonyl (C=O) groups is 1. The van der Waals surface area contributed by atoms with Crippen LogP contribution in [0, 0.1) is 5.41 Å². The maximum atomic E-state index is 12.4. The second-order valence-corrected chi connectivity index (χ2v) is 5.94. The Bertz CT molecular complexity index is 454. The molecule has 1 rings (SSSR count). The van der Waals surface area contributed by atoms with E-state index in [-0.39, 0.29) is 22.5 Å². The molecule has 0 aromatic carbocycles. The molecule has 0 aliphatic carbocycles. The number of aromatic nitrogens is 1. The lowest BCUT2D eigenvalue weighted by Gasteiger charge is -2.35. The van der Waals surface area contributed by atoms with E-state index >= 15 is 0 Å². The maximum Gasteiger partial charge on any atom is 0.256 e. The molecule has 4 nitrogen and oxygen atoms in total. The number of hydrogen-bond donors (Lipinski definition) is 1. The number of nitrogens with two attached hydrogens (primary N) is 1. The first kappa shape index (κ1) is 14.8. The molecule has 1 unspecified atom stereocenters. The van der Waals surface area contributed by atoms with E-state index < -0.39 is 0 Å². The summed E-state index contributed by atoms with van der Waals surface area (Å²) < 4.78 is 0. The van der Waals surface area contributed by atoms with Crippen LogP contribution in [0.25, 0.3) is 0 Å². The third-order valence-corrected chi connectivity index (χ3v) is 3.49. The molecule has 0 aliphatic rings. The van der Waals surface area contributed by atoms with Gasteiger partial charge in [-0.15, -0.1) is 0 Å². The first-order valence-electron chi connectivity index (χ1n) is 5.82. The zero-order valence-corrected chi connectivity index (χ0v) is 12.2. The molecule has 0 fully saturated rings. The van der Waals surface area contributed by atoms with Crippen molar-refractivity contribution in [3.05, 3.63) is 23.0 Å². The third kappa shape index (κ3) is 3.13. The van der Waals surface area contributed by atoms with Gasteiger partial charge in [-0.3, -0.25) is 4.79 Å². The summed E-state index contributed by atoms with van der Waals surface area (Å²) in [6.45, 7) is 8.27. The molecular formula is C13H20ClN3O. The molecule has 5 heteroatoms. The van der Waals surface area contributed by atoms with Crippen molar-refractivity contribution in [2.24, 2.45) is 5.41 Å². The van der Waals surface area contributed by atoms with Crippen molar-refractivity contribution >= 4 is 23.2 Å². The van der Waals surface area contributed by atoms with E-state index in [1.807, 2.05) is 6.92 Å². The first-order chi connectivity index (χ1) is 8.14. The van der Waals surface area contributed by atoms with Gasteiger partial charge in [-0.25, -0.2) is 4.98 Å². The molecule has 100 valence electrons. The number of nitrogen functional groups attached to an aromatic ring is 1. The van der Waals surface area contributed by atoms with Gasteiger partial charge in [-0.2, -0.15) is 0 Å². The van der Waals surface area contributed by atoms with Crippen LogP contribution in [0.3, 0.4) is 0 Å². The van der Waals surface area contributed by atoms with Crippen molar-refractivity contribution in [2.45, 2.75) is 33.7 Å². The van der Waals surface area contributed by atoms with Gasteiger partial charge in [0.2, 0.25) is 0 Å². The fourth-order valence-electron chi connectivity index (χ4n) is 1.57. The van der Waals surface area contributed by atoms with Crippen LogP contribution in [0.4, 0.5) is 5.69 Å². The van der Waals surface area contributed by atoms with Gasteiger partial charge in [0.25, 0.3) is 5.91 Å². The highest BCUT2D eigenvalue weighted by atomic mass is 35.5. The van der Waals surface area contributed by atoms with Crippen molar-refractivity contribution in [1.29, 1.82) is 0 Å². The first-order valence-corrected chi connectivity index (χ1v) is 6.20. The Kier molecular flexibility index (Phi) is 4.22. The zero-order chi connectivity index (χ0) is 14.1. The van der Waals surface area contributed by atoms with Gasteiger partial charge in [0.1, 0.15) is 5.15 Å². The minimum absolute atomic E-state index is 0.00397. The van der Waals surface area contributed by atoms with Crippen LogP contribution in [0.1, 0.15) is 38.1 Å². The molecule has 0 bridgehead atoms. The van der Waals surface area contributed by atoms with E-state index in [0.29, 0.717) is 11.3 Å². The molecule has 0 aliphatic heterocycles. The van der Waals surface area contributed by atoms with E-state index in [4.69, 9.17) is 17.3 Å². The second-order valence-electron chi connectivity index (χ2n) is 5.55. The van der Waals surface area contributed by atoms with Crippen LogP contribution in [0.2, 0.25) is 5.15 Å². The fourth-order valence-corrected chi connectivity index (χ4v) is 1.73. The van der Waals surface area contributed by atoms with Gasteiger partial charge >= 0.3 is 0 Å². The molecule has 1 amide bonds. The smallest absolute Gasteiger partial charge is 0.256 e. The van der Waals surface area contributed by atoms with E-state index in [9.17, 15) is 4.79 Å². The number of anilines is 1. The summed E-state index contributed by atoms with van der Waals surface area (Å²) in [5.41, 5.74) is 6.51. The van der Waals surface area contributed by atoms with Gasteiger partial charge in [-0.1, -0.05) is 32.4 Å².